The summed E-state index contributed by atoms with van der Waals surface area (Å²) >= 11 is 0. The molecule has 0 spiro atoms. The maximum absolute atomic E-state index is 11.1. The second-order valence-electron chi connectivity index (χ2n) is 5.20. The number of rotatable bonds is 4. The molecule has 0 fully saturated rings. The second-order valence-corrected chi connectivity index (χ2v) is 10.0. The summed E-state index contributed by atoms with van der Waals surface area (Å²) < 4.78 is 5.71. The SMILES string of the molecule is CNC(=O)C(O)CO[Si](C)(C)C(C)(C)C. The Labute approximate surface area is 93.1 Å². The molecule has 0 saturated heterocycles. The monoisotopic (exact) mass is 233 g/mol. The van der Waals surface area contributed by atoms with Gasteiger partial charge in [-0.05, 0) is 18.1 Å². The maximum atomic E-state index is 11.1. The van der Waals surface area contributed by atoms with E-state index in [1.807, 2.05) is 0 Å². The minimum absolute atomic E-state index is 0.0795. The lowest BCUT2D eigenvalue weighted by molar-refractivity contribution is -0.130. The molecule has 0 aliphatic rings. The number of hydrogen-bond acceptors (Lipinski definition) is 3. The van der Waals surface area contributed by atoms with Gasteiger partial charge in [-0.25, -0.2) is 0 Å². The molecule has 0 aromatic carbocycles. The summed E-state index contributed by atoms with van der Waals surface area (Å²) in [5.74, 6) is -0.395. The first-order valence-electron chi connectivity index (χ1n) is 5.15. The third-order valence-corrected chi connectivity index (χ3v) is 7.46. The van der Waals surface area contributed by atoms with Crippen LogP contribution in [0.4, 0.5) is 0 Å². The van der Waals surface area contributed by atoms with Crippen molar-refractivity contribution >= 4 is 14.2 Å². The van der Waals surface area contributed by atoms with Crippen molar-refractivity contribution in [2.24, 2.45) is 0 Å². The molecule has 90 valence electrons. The van der Waals surface area contributed by atoms with Gasteiger partial charge in [-0.2, -0.15) is 0 Å². The Bertz CT molecular complexity index is 223. The standard InChI is InChI=1S/C10H23NO3Si/c1-10(2,3)15(5,6)14-7-8(12)9(13)11-4/h8,12H,7H2,1-6H3,(H,11,13). The predicted molar refractivity (Wildman–Crippen MR) is 63.2 cm³/mol. The first-order chi connectivity index (χ1) is 6.62. The van der Waals surface area contributed by atoms with Crippen LogP contribution < -0.4 is 5.32 Å². The zero-order valence-corrected chi connectivity index (χ0v) is 11.5. The summed E-state index contributed by atoms with van der Waals surface area (Å²) in [5, 5.41) is 11.9. The Morgan fingerprint density at radius 3 is 2.27 bits per heavy atom. The van der Waals surface area contributed by atoms with Crippen LogP contribution in [0.25, 0.3) is 0 Å². The molecular weight excluding hydrogens is 210 g/mol. The normalized spacial score (nSPS) is 14.9. The predicted octanol–water partition coefficient (Wildman–Crippen LogP) is 1.12. The van der Waals surface area contributed by atoms with E-state index in [1.165, 1.54) is 7.05 Å². The lowest BCUT2D eigenvalue weighted by atomic mass is 10.2. The number of aliphatic hydroxyl groups excluding tert-OH is 1. The Hall–Kier alpha value is -0.393. The quantitative estimate of drug-likeness (QED) is 0.715. The van der Waals surface area contributed by atoms with Crippen molar-refractivity contribution < 1.29 is 14.3 Å². The minimum Gasteiger partial charge on any atom is -0.414 e. The van der Waals surface area contributed by atoms with Gasteiger partial charge >= 0.3 is 0 Å². The summed E-state index contributed by atoms with van der Waals surface area (Å²) in [7, 11) is -0.368. The summed E-state index contributed by atoms with van der Waals surface area (Å²) in [5.41, 5.74) is 0. The topological polar surface area (TPSA) is 58.6 Å². The van der Waals surface area contributed by atoms with Crippen LogP contribution in [0.1, 0.15) is 20.8 Å². The summed E-state index contributed by atoms with van der Waals surface area (Å²) in [6, 6.07) is 0. The number of likely N-dealkylation sites (N-methyl/N-ethyl adjacent to an activating group) is 1. The number of aliphatic hydroxyl groups is 1. The molecule has 2 N–H and O–H groups in total. The summed E-state index contributed by atoms with van der Waals surface area (Å²) in [6.45, 7) is 10.6. The van der Waals surface area contributed by atoms with Crippen LogP contribution in [0.3, 0.4) is 0 Å². The van der Waals surface area contributed by atoms with E-state index in [4.69, 9.17) is 4.43 Å². The largest absolute Gasteiger partial charge is 0.414 e. The molecule has 1 unspecified atom stereocenters. The van der Waals surface area contributed by atoms with Gasteiger partial charge in [-0.15, -0.1) is 0 Å². The maximum Gasteiger partial charge on any atom is 0.250 e. The van der Waals surface area contributed by atoms with E-state index in [9.17, 15) is 9.90 Å². The number of hydrogen-bond donors (Lipinski definition) is 2. The van der Waals surface area contributed by atoms with Crippen LogP contribution >= 0.6 is 0 Å². The zero-order valence-electron chi connectivity index (χ0n) is 10.5. The van der Waals surface area contributed by atoms with Crippen molar-refractivity contribution in [3.63, 3.8) is 0 Å². The Kier molecular flexibility index (Phi) is 4.96. The van der Waals surface area contributed by atoms with Crippen molar-refractivity contribution in [1.82, 2.24) is 5.32 Å². The van der Waals surface area contributed by atoms with E-state index in [2.05, 4.69) is 39.2 Å². The van der Waals surface area contributed by atoms with Crippen LogP contribution in [0.5, 0.6) is 0 Å². The van der Waals surface area contributed by atoms with E-state index < -0.39 is 20.3 Å². The molecule has 0 bridgehead atoms. The molecule has 0 aliphatic heterocycles. The highest BCUT2D eigenvalue weighted by Gasteiger charge is 2.37. The van der Waals surface area contributed by atoms with E-state index in [0.29, 0.717) is 0 Å². The number of amides is 1. The van der Waals surface area contributed by atoms with E-state index >= 15 is 0 Å². The molecule has 0 rings (SSSR count). The lowest BCUT2D eigenvalue weighted by Gasteiger charge is -2.36. The summed E-state index contributed by atoms with van der Waals surface area (Å²) in [6.07, 6.45) is -1.07. The Morgan fingerprint density at radius 2 is 1.93 bits per heavy atom. The molecule has 15 heavy (non-hydrogen) atoms. The molecule has 0 saturated carbocycles. The van der Waals surface area contributed by atoms with Gasteiger partial charge in [0.1, 0.15) is 0 Å². The van der Waals surface area contributed by atoms with Crippen LogP contribution in [-0.2, 0) is 9.22 Å². The first-order valence-corrected chi connectivity index (χ1v) is 8.06. The third kappa shape index (κ3) is 4.32. The van der Waals surface area contributed by atoms with Crippen molar-refractivity contribution in [2.45, 2.75) is 45.0 Å². The van der Waals surface area contributed by atoms with Gasteiger partial charge in [0.05, 0.1) is 6.61 Å². The molecule has 4 nitrogen and oxygen atoms in total. The number of carbonyl (C=O) groups excluding carboxylic acids is 1. The fraction of sp³-hybridized carbons (Fsp3) is 0.900. The second kappa shape index (κ2) is 5.09. The minimum atomic E-state index is -1.87. The summed E-state index contributed by atoms with van der Waals surface area (Å²) in [4.78, 5) is 11.1. The van der Waals surface area contributed by atoms with Crippen molar-refractivity contribution in [3.05, 3.63) is 0 Å². The molecular formula is C10H23NO3Si. The van der Waals surface area contributed by atoms with Crippen LogP contribution in [-0.4, -0.2) is 39.1 Å². The molecule has 0 aromatic rings. The molecule has 0 radical (unpaired) electrons. The van der Waals surface area contributed by atoms with E-state index in [1.54, 1.807) is 0 Å². The molecule has 5 heteroatoms. The van der Waals surface area contributed by atoms with Gasteiger partial charge in [-0.3, -0.25) is 4.79 Å². The molecule has 1 atom stereocenters. The van der Waals surface area contributed by atoms with Crippen molar-refractivity contribution in [3.8, 4) is 0 Å². The molecule has 0 aliphatic carbocycles. The van der Waals surface area contributed by atoms with Crippen LogP contribution in [0.2, 0.25) is 18.1 Å². The average Bonchev–Trinajstić information content (AvgIpc) is 2.11. The van der Waals surface area contributed by atoms with Gasteiger partial charge in [0, 0.05) is 7.05 Å². The molecule has 1 amide bonds. The van der Waals surface area contributed by atoms with Gasteiger partial charge < -0.3 is 14.8 Å². The first kappa shape index (κ1) is 14.6. The number of nitrogens with one attached hydrogen (secondary N) is 1. The van der Waals surface area contributed by atoms with E-state index in [0.717, 1.165) is 0 Å². The van der Waals surface area contributed by atoms with Crippen molar-refractivity contribution in [1.29, 1.82) is 0 Å². The lowest BCUT2D eigenvalue weighted by Crippen LogP contribution is -2.45. The van der Waals surface area contributed by atoms with Gasteiger partial charge in [-0.1, -0.05) is 20.8 Å². The number of carbonyl (C=O) groups is 1. The fourth-order valence-corrected chi connectivity index (χ4v) is 1.75. The average molecular weight is 233 g/mol. The van der Waals surface area contributed by atoms with Crippen molar-refractivity contribution in [2.75, 3.05) is 13.7 Å². The molecule has 0 heterocycles. The van der Waals surface area contributed by atoms with Crippen LogP contribution in [0, 0.1) is 0 Å². The van der Waals surface area contributed by atoms with Gasteiger partial charge in [0.25, 0.3) is 5.91 Å². The highest BCUT2D eigenvalue weighted by Crippen LogP contribution is 2.36. The smallest absolute Gasteiger partial charge is 0.250 e. The van der Waals surface area contributed by atoms with E-state index in [-0.39, 0.29) is 11.6 Å². The third-order valence-electron chi connectivity index (χ3n) is 2.96. The Balaban J connectivity index is 4.22. The highest BCUT2D eigenvalue weighted by molar-refractivity contribution is 6.74. The molecule has 0 aromatic heterocycles. The van der Waals surface area contributed by atoms with Gasteiger partial charge in [0.15, 0.2) is 14.4 Å². The zero-order chi connectivity index (χ0) is 12.3. The van der Waals surface area contributed by atoms with Gasteiger partial charge in [0.2, 0.25) is 0 Å². The highest BCUT2D eigenvalue weighted by atomic mass is 28.4. The Morgan fingerprint density at radius 1 is 1.47 bits per heavy atom. The van der Waals surface area contributed by atoms with Crippen LogP contribution in [0.15, 0.2) is 0 Å². The fourth-order valence-electron chi connectivity index (χ4n) is 0.746.